The molecule has 3 aliphatic rings. The van der Waals surface area contributed by atoms with Crippen molar-refractivity contribution in [3.8, 4) is 6.07 Å². The maximum atomic E-state index is 12.2. The number of likely N-dealkylation sites (tertiary alicyclic amines) is 1. The van der Waals surface area contributed by atoms with Crippen LogP contribution in [0.2, 0.25) is 0 Å². The Labute approximate surface area is 137 Å². The molecule has 6 nitrogen and oxygen atoms in total. The van der Waals surface area contributed by atoms with Crippen molar-refractivity contribution in [2.45, 2.75) is 63.6 Å². The molecule has 3 fully saturated rings. The molecule has 0 aromatic rings. The average molecular weight is 319 g/mol. The second kappa shape index (κ2) is 6.88. The van der Waals surface area contributed by atoms with Gasteiger partial charge < -0.3 is 15.0 Å². The molecule has 1 unspecified atom stereocenters. The first-order valence-corrected chi connectivity index (χ1v) is 8.66. The minimum Gasteiger partial charge on any atom is -0.463 e. The maximum absolute atomic E-state index is 12.2. The Hall–Kier alpha value is -1.61. The van der Waals surface area contributed by atoms with E-state index in [0.717, 1.165) is 38.5 Å². The zero-order chi connectivity index (χ0) is 16.4. The van der Waals surface area contributed by atoms with Crippen LogP contribution in [0, 0.1) is 23.2 Å². The van der Waals surface area contributed by atoms with Gasteiger partial charge in [0.25, 0.3) is 0 Å². The van der Waals surface area contributed by atoms with Crippen molar-refractivity contribution in [1.82, 2.24) is 10.2 Å². The highest BCUT2D eigenvalue weighted by molar-refractivity contribution is 5.79. The van der Waals surface area contributed by atoms with Crippen LogP contribution in [0.15, 0.2) is 0 Å². The molecule has 1 amide bonds. The van der Waals surface area contributed by atoms with Crippen LogP contribution < -0.4 is 5.32 Å². The maximum Gasteiger partial charge on any atom is 0.302 e. The molecule has 0 radical (unpaired) electrons. The van der Waals surface area contributed by atoms with E-state index in [4.69, 9.17) is 10.00 Å². The molecule has 5 atom stereocenters. The van der Waals surface area contributed by atoms with Crippen molar-refractivity contribution in [3.05, 3.63) is 0 Å². The van der Waals surface area contributed by atoms with Gasteiger partial charge in [-0.2, -0.15) is 5.26 Å². The Balaban J connectivity index is 1.41. The van der Waals surface area contributed by atoms with E-state index in [1.54, 1.807) is 4.90 Å². The molecule has 3 rings (SSSR count). The normalized spacial score (nSPS) is 35.8. The second-order valence-electron chi connectivity index (χ2n) is 7.15. The van der Waals surface area contributed by atoms with Gasteiger partial charge in [0, 0.05) is 19.5 Å². The third-order valence-electron chi connectivity index (χ3n) is 5.57. The predicted molar refractivity (Wildman–Crippen MR) is 83.1 cm³/mol. The van der Waals surface area contributed by atoms with E-state index < -0.39 is 0 Å². The van der Waals surface area contributed by atoms with Crippen LogP contribution in [0.5, 0.6) is 0 Å². The minimum atomic E-state index is -0.239. The first-order valence-electron chi connectivity index (χ1n) is 8.66. The molecular formula is C17H25N3O3. The number of carbonyl (C=O) groups is 2. The van der Waals surface area contributed by atoms with E-state index in [1.807, 2.05) is 0 Å². The van der Waals surface area contributed by atoms with Gasteiger partial charge in [-0.15, -0.1) is 0 Å². The number of fused-ring (bicyclic) bond motifs is 1. The average Bonchev–Trinajstić information content (AvgIpc) is 3.17. The van der Waals surface area contributed by atoms with Crippen LogP contribution in [-0.2, 0) is 14.3 Å². The second-order valence-corrected chi connectivity index (χ2v) is 7.15. The number of esters is 1. The number of hydrogen-bond acceptors (Lipinski definition) is 5. The van der Waals surface area contributed by atoms with Crippen LogP contribution in [-0.4, -0.2) is 48.1 Å². The van der Waals surface area contributed by atoms with E-state index in [1.165, 1.54) is 6.92 Å². The summed E-state index contributed by atoms with van der Waals surface area (Å²) in [7, 11) is 0. The Morgan fingerprint density at radius 1 is 1.26 bits per heavy atom. The van der Waals surface area contributed by atoms with E-state index >= 15 is 0 Å². The number of ether oxygens (including phenoxy) is 1. The molecule has 0 spiro atoms. The van der Waals surface area contributed by atoms with Gasteiger partial charge in [-0.05, 0) is 50.4 Å². The summed E-state index contributed by atoms with van der Waals surface area (Å²) in [4.78, 5) is 25.0. The molecule has 0 bridgehead atoms. The van der Waals surface area contributed by atoms with Crippen molar-refractivity contribution < 1.29 is 14.3 Å². The lowest BCUT2D eigenvalue weighted by Crippen LogP contribution is -2.43. The van der Waals surface area contributed by atoms with Gasteiger partial charge in [-0.3, -0.25) is 9.59 Å². The molecule has 23 heavy (non-hydrogen) atoms. The van der Waals surface area contributed by atoms with E-state index in [2.05, 4.69) is 11.4 Å². The molecule has 0 aromatic carbocycles. The molecule has 126 valence electrons. The highest BCUT2D eigenvalue weighted by Gasteiger charge is 2.43. The molecule has 1 aliphatic heterocycles. The summed E-state index contributed by atoms with van der Waals surface area (Å²) in [6.07, 6.45) is 5.83. The molecule has 1 heterocycles. The van der Waals surface area contributed by atoms with E-state index in [0.29, 0.717) is 31.0 Å². The lowest BCUT2D eigenvalue weighted by atomic mass is 10.0. The van der Waals surface area contributed by atoms with Crippen LogP contribution in [0.4, 0.5) is 0 Å². The summed E-state index contributed by atoms with van der Waals surface area (Å²) in [5.41, 5.74) is 0. The van der Waals surface area contributed by atoms with Gasteiger partial charge in [0.05, 0.1) is 12.6 Å². The fraction of sp³-hybridized carbons (Fsp3) is 0.824. The van der Waals surface area contributed by atoms with Crippen molar-refractivity contribution in [1.29, 1.82) is 5.26 Å². The number of nitriles is 1. The van der Waals surface area contributed by atoms with Gasteiger partial charge in [-0.1, -0.05) is 0 Å². The van der Waals surface area contributed by atoms with Gasteiger partial charge in [0.15, 0.2) is 0 Å². The van der Waals surface area contributed by atoms with Crippen molar-refractivity contribution in [2.24, 2.45) is 11.8 Å². The zero-order valence-corrected chi connectivity index (χ0v) is 13.7. The van der Waals surface area contributed by atoms with Gasteiger partial charge >= 0.3 is 5.97 Å². The Morgan fingerprint density at radius 2 is 1.96 bits per heavy atom. The number of rotatable bonds is 4. The topological polar surface area (TPSA) is 82.4 Å². The van der Waals surface area contributed by atoms with Gasteiger partial charge in [0.1, 0.15) is 12.1 Å². The molecule has 1 N–H and O–H groups in total. The SMILES string of the molecule is CC(=O)O[C@H]1C[C@H]2CC(NCC(=O)N3CCC[C@H]3C#N)C[C@H]2C1. The molecule has 6 heteroatoms. The summed E-state index contributed by atoms with van der Waals surface area (Å²) in [6, 6.07) is 2.34. The largest absolute Gasteiger partial charge is 0.463 e. The minimum absolute atomic E-state index is 0.0453. The van der Waals surface area contributed by atoms with Gasteiger partial charge in [-0.25, -0.2) is 0 Å². The monoisotopic (exact) mass is 319 g/mol. The smallest absolute Gasteiger partial charge is 0.302 e. The van der Waals surface area contributed by atoms with Crippen LogP contribution in [0.1, 0.15) is 45.4 Å². The molecule has 1 saturated heterocycles. The third-order valence-corrected chi connectivity index (χ3v) is 5.57. The van der Waals surface area contributed by atoms with Crippen LogP contribution in [0.3, 0.4) is 0 Å². The molecule has 2 saturated carbocycles. The van der Waals surface area contributed by atoms with Crippen molar-refractivity contribution >= 4 is 11.9 Å². The molecular weight excluding hydrogens is 294 g/mol. The number of amides is 1. The lowest BCUT2D eigenvalue weighted by molar-refractivity contribution is -0.146. The Bertz CT molecular complexity index is 502. The number of carbonyl (C=O) groups excluding carboxylic acids is 2. The number of nitrogens with zero attached hydrogens (tertiary/aromatic N) is 2. The Morgan fingerprint density at radius 3 is 2.57 bits per heavy atom. The summed E-state index contributed by atoms with van der Waals surface area (Å²) in [6.45, 7) is 2.51. The summed E-state index contributed by atoms with van der Waals surface area (Å²) in [5, 5.41) is 12.4. The lowest BCUT2D eigenvalue weighted by Gasteiger charge is -2.21. The molecule has 2 aliphatic carbocycles. The summed E-state index contributed by atoms with van der Waals surface area (Å²) in [5.74, 6) is 1.06. The Kier molecular flexibility index (Phi) is 4.86. The van der Waals surface area contributed by atoms with Gasteiger partial charge in [0.2, 0.25) is 5.91 Å². The van der Waals surface area contributed by atoms with E-state index in [-0.39, 0.29) is 24.0 Å². The quantitative estimate of drug-likeness (QED) is 0.788. The first-order chi connectivity index (χ1) is 11.1. The highest BCUT2D eigenvalue weighted by Crippen LogP contribution is 2.45. The van der Waals surface area contributed by atoms with Crippen LogP contribution >= 0.6 is 0 Å². The van der Waals surface area contributed by atoms with Crippen molar-refractivity contribution in [3.63, 3.8) is 0 Å². The summed E-state index contributed by atoms with van der Waals surface area (Å²) >= 11 is 0. The number of hydrogen-bond donors (Lipinski definition) is 1. The fourth-order valence-corrected chi connectivity index (χ4v) is 4.59. The molecule has 0 aromatic heterocycles. The standard InChI is InChI=1S/C17H25N3O3/c1-11(21)23-16-7-12-5-14(6-13(12)8-16)19-10-17(22)20-4-2-3-15(20)9-18/h12-16,19H,2-8,10H2,1H3/t12-,13+,14?,15-,16+/m0/s1. The third kappa shape index (κ3) is 3.66. The first kappa shape index (κ1) is 16.3. The predicted octanol–water partition coefficient (Wildman–Crippen LogP) is 1.21. The number of nitrogens with one attached hydrogen (secondary N) is 1. The highest BCUT2D eigenvalue weighted by atomic mass is 16.5. The zero-order valence-electron chi connectivity index (χ0n) is 13.7. The fourth-order valence-electron chi connectivity index (χ4n) is 4.59. The van der Waals surface area contributed by atoms with Crippen molar-refractivity contribution in [2.75, 3.05) is 13.1 Å². The van der Waals surface area contributed by atoms with E-state index in [9.17, 15) is 9.59 Å². The summed E-state index contributed by atoms with van der Waals surface area (Å²) < 4.78 is 5.32. The van der Waals surface area contributed by atoms with Crippen LogP contribution in [0.25, 0.3) is 0 Å².